The van der Waals surface area contributed by atoms with Crippen molar-refractivity contribution in [1.29, 1.82) is 0 Å². The number of furan rings is 1. The van der Waals surface area contributed by atoms with E-state index in [1.54, 1.807) is 0 Å². The van der Waals surface area contributed by atoms with Gasteiger partial charge in [0.2, 0.25) is 0 Å². The molecule has 0 bridgehead atoms. The number of aromatic nitrogens is 1. The summed E-state index contributed by atoms with van der Waals surface area (Å²) in [5.41, 5.74) is 9.96. The average Bonchev–Trinajstić information content (AvgIpc) is 3.96. The summed E-state index contributed by atoms with van der Waals surface area (Å²) in [4.78, 5) is 5.39. The highest BCUT2D eigenvalue weighted by Crippen LogP contribution is 2.46. The van der Waals surface area contributed by atoms with Gasteiger partial charge in [0.1, 0.15) is 29.3 Å². The van der Waals surface area contributed by atoms with Gasteiger partial charge in [-0.25, -0.2) is 4.99 Å². The molecule has 0 saturated carbocycles. The van der Waals surface area contributed by atoms with Crippen LogP contribution in [0.25, 0.3) is 80.7 Å². The molecule has 0 spiro atoms. The molecule has 6 heteroatoms. The highest BCUT2D eigenvalue weighted by Gasteiger charge is 2.29. The maximum absolute atomic E-state index is 6.80. The lowest BCUT2D eigenvalue weighted by atomic mass is 9.96. The van der Waals surface area contributed by atoms with Gasteiger partial charge in [0.25, 0.3) is 0 Å². The third kappa shape index (κ3) is 5.15. The van der Waals surface area contributed by atoms with E-state index >= 15 is 0 Å². The van der Waals surface area contributed by atoms with Crippen LogP contribution in [0.15, 0.2) is 185 Å². The molecule has 5 nitrogen and oxygen atoms in total. The highest BCUT2D eigenvalue weighted by atomic mass is 32.1. The second kappa shape index (κ2) is 12.9. The van der Waals surface area contributed by atoms with Crippen LogP contribution >= 0.6 is 11.3 Å². The van der Waals surface area contributed by atoms with E-state index < -0.39 is 0 Å². The average molecular weight is 753 g/mol. The minimum absolute atomic E-state index is 0.0696. The first kappa shape index (κ1) is 32.5. The summed E-state index contributed by atoms with van der Waals surface area (Å²) in [6, 6.07) is 54.5. The van der Waals surface area contributed by atoms with Crippen LogP contribution in [0.4, 0.5) is 0 Å². The SMILES string of the molecule is C1=CCC(C2=NC(c3cccc4sc5c(-c6cccc7c6oc6ccc(-n8c9ccccc9c9ccccc98)cc67)cccc5c34)NC(c3ccccc3)N2)C=C1. The molecule has 3 unspecified atom stereocenters. The maximum atomic E-state index is 6.80. The monoisotopic (exact) mass is 752 g/mol. The van der Waals surface area contributed by atoms with Crippen molar-refractivity contribution in [3.8, 4) is 16.8 Å². The lowest BCUT2D eigenvalue weighted by Crippen LogP contribution is -2.47. The number of allylic oxidation sites excluding steroid dienone is 3. The van der Waals surface area contributed by atoms with Crippen molar-refractivity contribution in [2.24, 2.45) is 10.9 Å². The van der Waals surface area contributed by atoms with Gasteiger partial charge in [0.15, 0.2) is 0 Å². The second-order valence-electron chi connectivity index (χ2n) is 15.1. The van der Waals surface area contributed by atoms with Crippen LogP contribution in [0, 0.1) is 5.92 Å². The second-order valence-corrected chi connectivity index (χ2v) is 16.1. The first-order valence-electron chi connectivity index (χ1n) is 19.6. The number of benzene rings is 7. The first-order valence-corrected chi connectivity index (χ1v) is 20.5. The number of fused-ring (bicyclic) bond motifs is 9. The molecule has 0 amide bonds. The van der Waals surface area contributed by atoms with Crippen LogP contribution in [0.3, 0.4) is 0 Å². The molecule has 1 aliphatic carbocycles. The van der Waals surface area contributed by atoms with E-state index in [0.29, 0.717) is 0 Å². The van der Waals surface area contributed by atoms with Gasteiger partial charge in [-0.3, -0.25) is 5.32 Å². The van der Waals surface area contributed by atoms with Gasteiger partial charge in [0, 0.05) is 70.0 Å². The molecule has 3 atom stereocenters. The van der Waals surface area contributed by atoms with E-state index in [-0.39, 0.29) is 18.2 Å². The van der Waals surface area contributed by atoms with Crippen molar-refractivity contribution >= 4 is 81.1 Å². The van der Waals surface area contributed by atoms with Gasteiger partial charge in [0.05, 0.1) is 11.0 Å². The summed E-state index contributed by atoms with van der Waals surface area (Å²) >= 11 is 1.85. The number of hydrogen-bond donors (Lipinski definition) is 2. The summed E-state index contributed by atoms with van der Waals surface area (Å²) < 4.78 is 11.7. The molecule has 2 aliphatic rings. The molecule has 3 aromatic heterocycles. The molecule has 4 heterocycles. The van der Waals surface area contributed by atoms with E-state index in [2.05, 4.69) is 191 Å². The van der Waals surface area contributed by atoms with Crippen LogP contribution in [0.1, 0.15) is 29.9 Å². The van der Waals surface area contributed by atoms with E-state index in [0.717, 1.165) is 45.4 Å². The molecular formula is C51H36N4OS. The summed E-state index contributed by atoms with van der Waals surface area (Å²) in [6.45, 7) is 0. The van der Waals surface area contributed by atoms with Crippen molar-refractivity contribution < 1.29 is 4.42 Å². The minimum Gasteiger partial charge on any atom is -0.455 e. The lowest BCUT2D eigenvalue weighted by Gasteiger charge is -2.34. The first-order chi connectivity index (χ1) is 28.3. The minimum atomic E-state index is -0.224. The van der Waals surface area contributed by atoms with E-state index in [9.17, 15) is 0 Å². The molecule has 7 aromatic carbocycles. The zero-order valence-electron chi connectivity index (χ0n) is 30.9. The molecule has 10 aromatic rings. The van der Waals surface area contributed by atoms with Gasteiger partial charge in [-0.15, -0.1) is 11.3 Å². The van der Waals surface area contributed by atoms with Gasteiger partial charge in [-0.2, -0.15) is 0 Å². The van der Waals surface area contributed by atoms with Gasteiger partial charge in [-0.05, 0) is 48.4 Å². The summed E-state index contributed by atoms with van der Waals surface area (Å²) in [5.74, 6) is 1.22. The molecule has 2 N–H and O–H groups in total. The number of amidine groups is 1. The summed E-state index contributed by atoms with van der Waals surface area (Å²) in [6.07, 6.45) is 9.38. The predicted molar refractivity (Wildman–Crippen MR) is 238 cm³/mol. The Morgan fingerprint density at radius 1 is 0.649 bits per heavy atom. The Kier molecular flexibility index (Phi) is 7.37. The Morgan fingerprint density at radius 3 is 2.19 bits per heavy atom. The fraction of sp³-hybridized carbons (Fsp3) is 0.0784. The summed E-state index contributed by atoms with van der Waals surface area (Å²) in [7, 11) is 0. The number of aliphatic imine (C=N–C) groups is 1. The van der Waals surface area contributed by atoms with Gasteiger partial charge < -0.3 is 14.3 Å². The molecule has 0 radical (unpaired) electrons. The number of rotatable bonds is 5. The molecule has 272 valence electrons. The van der Waals surface area contributed by atoms with Crippen molar-refractivity contribution in [3.05, 3.63) is 187 Å². The van der Waals surface area contributed by atoms with Gasteiger partial charge >= 0.3 is 0 Å². The smallest absolute Gasteiger partial charge is 0.143 e. The summed E-state index contributed by atoms with van der Waals surface area (Å²) in [5, 5.41) is 14.8. The van der Waals surface area contributed by atoms with Crippen LogP contribution < -0.4 is 10.6 Å². The standard InChI is InChI=1S/C51H36N4OS/c1-3-14-31(15-4-1)49-52-50(32-16-5-2-6-17-32)54-51(53-49)40-24-13-27-45-46(40)39-23-12-22-38(48(39)57-45)36-20-11-21-37-41-30-33(28-29-44(41)56-47(36)37)55-42-25-9-7-18-34(42)35-19-8-10-26-43(35)55/h1-16,18-30,32,49,51,53H,17H2,(H,52,54). The zero-order chi connectivity index (χ0) is 37.5. The molecule has 57 heavy (non-hydrogen) atoms. The Hall–Kier alpha value is -6.73. The number of nitrogens with one attached hydrogen (secondary N) is 2. The molecule has 12 rings (SSSR count). The van der Waals surface area contributed by atoms with E-state index in [1.807, 2.05) is 11.3 Å². The van der Waals surface area contributed by atoms with Crippen LogP contribution in [0.2, 0.25) is 0 Å². The van der Waals surface area contributed by atoms with E-state index in [4.69, 9.17) is 9.41 Å². The van der Waals surface area contributed by atoms with Crippen molar-refractivity contribution in [2.45, 2.75) is 18.8 Å². The number of nitrogens with zero attached hydrogens (tertiary/aromatic N) is 2. The lowest BCUT2D eigenvalue weighted by molar-refractivity contribution is 0.401. The quantitative estimate of drug-likeness (QED) is 0.184. The Balaban J connectivity index is 1.000. The largest absolute Gasteiger partial charge is 0.455 e. The fourth-order valence-electron chi connectivity index (χ4n) is 9.19. The highest BCUT2D eigenvalue weighted by molar-refractivity contribution is 7.26. The van der Waals surface area contributed by atoms with Crippen molar-refractivity contribution in [3.63, 3.8) is 0 Å². The Bertz CT molecular complexity index is 3260. The van der Waals surface area contributed by atoms with E-state index in [1.165, 1.54) is 58.7 Å². The van der Waals surface area contributed by atoms with Gasteiger partial charge in [-0.1, -0.05) is 140 Å². The zero-order valence-corrected chi connectivity index (χ0v) is 31.7. The topological polar surface area (TPSA) is 54.5 Å². The Morgan fingerprint density at radius 2 is 1.39 bits per heavy atom. The van der Waals surface area contributed by atoms with Crippen LogP contribution in [-0.4, -0.2) is 10.4 Å². The third-order valence-electron chi connectivity index (χ3n) is 11.8. The van der Waals surface area contributed by atoms with Crippen LogP contribution in [0.5, 0.6) is 0 Å². The third-order valence-corrected chi connectivity index (χ3v) is 13.0. The van der Waals surface area contributed by atoms with Crippen molar-refractivity contribution in [2.75, 3.05) is 0 Å². The molecule has 1 aliphatic heterocycles. The fourth-order valence-corrected chi connectivity index (χ4v) is 10.4. The molecule has 0 fully saturated rings. The molecular weight excluding hydrogens is 717 g/mol. The normalized spacial score (nSPS) is 18.3. The number of para-hydroxylation sites is 3. The number of hydrogen-bond acceptors (Lipinski definition) is 5. The van der Waals surface area contributed by atoms with Crippen LogP contribution in [-0.2, 0) is 0 Å². The Labute approximate surface area is 332 Å². The number of thiophene rings is 1. The van der Waals surface area contributed by atoms with Crippen molar-refractivity contribution in [1.82, 2.24) is 15.2 Å². The maximum Gasteiger partial charge on any atom is 0.143 e. The predicted octanol–water partition coefficient (Wildman–Crippen LogP) is 13.1. The molecule has 0 saturated heterocycles.